The Bertz CT molecular complexity index is 512. The third-order valence-electron chi connectivity index (χ3n) is 3.51. The molecule has 4 N–H and O–H groups in total. The van der Waals surface area contributed by atoms with E-state index in [-0.39, 0.29) is 11.3 Å². The number of amides is 1. The summed E-state index contributed by atoms with van der Waals surface area (Å²) >= 11 is 0. The van der Waals surface area contributed by atoms with Gasteiger partial charge in [-0.15, -0.1) is 0 Å². The Balaban J connectivity index is 2.02. The zero-order valence-electron chi connectivity index (χ0n) is 11.1. The van der Waals surface area contributed by atoms with E-state index in [2.05, 4.69) is 10.6 Å². The van der Waals surface area contributed by atoms with Crippen molar-refractivity contribution in [1.29, 1.82) is 0 Å². The lowest BCUT2D eigenvalue weighted by Crippen LogP contribution is -2.17. The van der Waals surface area contributed by atoms with E-state index >= 15 is 0 Å². The number of carbonyl (C=O) groups excluding carboxylic acids is 1. The van der Waals surface area contributed by atoms with Gasteiger partial charge in [0, 0.05) is 24.4 Å². The summed E-state index contributed by atoms with van der Waals surface area (Å²) in [6.45, 7) is 2.78. The molecule has 20 heavy (non-hydrogen) atoms. The maximum Gasteiger partial charge on any atom is 0.270 e. The van der Waals surface area contributed by atoms with Gasteiger partial charge in [-0.25, -0.2) is 0 Å². The molecule has 1 aliphatic rings. The quantitative estimate of drug-likeness (QED) is 0.533. The van der Waals surface area contributed by atoms with Crippen molar-refractivity contribution in [2.75, 3.05) is 25.0 Å². The number of nitrogens with two attached hydrogens (primary N) is 1. The molecule has 0 saturated carbocycles. The highest BCUT2D eigenvalue weighted by atomic mass is 16.6. The summed E-state index contributed by atoms with van der Waals surface area (Å²) in [6.07, 6.45) is 2.15. The number of nitrogens with zero attached hydrogens (tertiary/aromatic N) is 1. The molecule has 1 aromatic rings. The van der Waals surface area contributed by atoms with Crippen molar-refractivity contribution in [3.05, 3.63) is 33.9 Å². The SMILES string of the molecule is NC(=O)c1cc([N+](=O)[O-])ccc1NCCC1CCNC1. The highest BCUT2D eigenvalue weighted by molar-refractivity contribution is 5.99. The van der Waals surface area contributed by atoms with E-state index in [1.165, 1.54) is 18.2 Å². The van der Waals surface area contributed by atoms with Crippen molar-refractivity contribution in [1.82, 2.24) is 5.32 Å². The normalized spacial score (nSPS) is 17.9. The standard InChI is InChI=1S/C13H18N4O3/c14-13(18)11-7-10(17(19)20)1-2-12(11)16-6-4-9-3-5-15-8-9/h1-2,7,9,15-16H,3-6,8H2,(H2,14,18). The fourth-order valence-electron chi connectivity index (χ4n) is 2.38. The highest BCUT2D eigenvalue weighted by Gasteiger charge is 2.16. The molecule has 0 radical (unpaired) electrons. The number of carbonyl (C=O) groups is 1. The Morgan fingerprint density at radius 1 is 1.55 bits per heavy atom. The molecule has 1 saturated heterocycles. The van der Waals surface area contributed by atoms with Crippen LogP contribution in [0.3, 0.4) is 0 Å². The fraction of sp³-hybridized carbons (Fsp3) is 0.462. The monoisotopic (exact) mass is 278 g/mol. The Morgan fingerprint density at radius 2 is 2.35 bits per heavy atom. The second-order valence-corrected chi connectivity index (χ2v) is 4.93. The number of primary amides is 1. The zero-order valence-corrected chi connectivity index (χ0v) is 11.1. The van der Waals surface area contributed by atoms with E-state index in [0.717, 1.165) is 25.9 Å². The molecule has 2 rings (SSSR count). The van der Waals surface area contributed by atoms with Crippen LogP contribution in [0.1, 0.15) is 23.2 Å². The molecule has 1 amide bonds. The average Bonchev–Trinajstić information content (AvgIpc) is 2.91. The van der Waals surface area contributed by atoms with Crippen LogP contribution in [0.5, 0.6) is 0 Å². The maximum absolute atomic E-state index is 11.4. The van der Waals surface area contributed by atoms with E-state index in [0.29, 0.717) is 18.2 Å². The molecule has 108 valence electrons. The molecule has 0 spiro atoms. The van der Waals surface area contributed by atoms with Crippen LogP contribution < -0.4 is 16.4 Å². The molecule has 1 heterocycles. The Morgan fingerprint density at radius 3 is 2.95 bits per heavy atom. The first-order chi connectivity index (χ1) is 9.58. The number of benzene rings is 1. The minimum atomic E-state index is -0.668. The van der Waals surface area contributed by atoms with Crippen LogP contribution in [0.2, 0.25) is 0 Å². The minimum absolute atomic E-state index is 0.135. The summed E-state index contributed by atoms with van der Waals surface area (Å²) in [5.41, 5.74) is 5.84. The van der Waals surface area contributed by atoms with Crippen molar-refractivity contribution in [2.24, 2.45) is 11.7 Å². The van der Waals surface area contributed by atoms with Gasteiger partial charge in [-0.05, 0) is 37.9 Å². The van der Waals surface area contributed by atoms with Crippen molar-refractivity contribution < 1.29 is 9.72 Å². The van der Waals surface area contributed by atoms with Gasteiger partial charge in [-0.3, -0.25) is 14.9 Å². The van der Waals surface area contributed by atoms with Crippen LogP contribution in [0.4, 0.5) is 11.4 Å². The molecule has 1 atom stereocenters. The van der Waals surface area contributed by atoms with Gasteiger partial charge in [0.1, 0.15) is 0 Å². The van der Waals surface area contributed by atoms with Crippen LogP contribution >= 0.6 is 0 Å². The van der Waals surface area contributed by atoms with Gasteiger partial charge in [0.05, 0.1) is 10.5 Å². The van der Waals surface area contributed by atoms with Crippen LogP contribution in [0.25, 0.3) is 0 Å². The maximum atomic E-state index is 11.4. The van der Waals surface area contributed by atoms with Crippen LogP contribution in [0, 0.1) is 16.0 Å². The van der Waals surface area contributed by atoms with Gasteiger partial charge in [-0.1, -0.05) is 0 Å². The zero-order chi connectivity index (χ0) is 14.5. The Kier molecular flexibility index (Phi) is 4.52. The number of nitro benzene ring substituents is 1. The number of hydrogen-bond donors (Lipinski definition) is 3. The van der Waals surface area contributed by atoms with Gasteiger partial charge in [-0.2, -0.15) is 0 Å². The summed E-state index contributed by atoms with van der Waals surface area (Å²) in [5.74, 6) is -0.0312. The third-order valence-corrected chi connectivity index (χ3v) is 3.51. The molecule has 0 aliphatic carbocycles. The number of nitro groups is 1. The number of rotatable bonds is 6. The van der Waals surface area contributed by atoms with E-state index < -0.39 is 10.8 Å². The predicted octanol–water partition coefficient (Wildman–Crippen LogP) is 1.11. The number of hydrogen-bond acceptors (Lipinski definition) is 5. The third kappa shape index (κ3) is 3.45. The summed E-state index contributed by atoms with van der Waals surface area (Å²) in [4.78, 5) is 21.5. The smallest absolute Gasteiger partial charge is 0.270 e. The first-order valence-corrected chi connectivity index (χ1v) is 6.60. The van der Waals surface area contributed by atoms with Crippen LogP contribution in [0.15, 0.2) is 18.2 Å². The van der Waals surface area contributed by atoms with Gasteiger partial charge >= 0.3 is 0 Å². The number of anilines is 1. The van der Waals surface area contributed by atoms with Gasteiger partial charge < -0.3 is 16.4 Å². The Hall–Kier alpha value is -2.15. The van der Waals surface area contributed by atoms with Crippen molar-refractivity contribution >= 4 is 17.3 Å². The van der Waals surface area contributed by atoms with E-state index in [1.807, 2.05) is 0 Å². The summed E-state index contributed by atoms with van der Waals surface area (Å²) in [7, 11) is 0. The summed E-state index contributed by atoms with van der Waals surface area (Å²) in [5, 5.41) is 17.1. The molecule has 1 aliphatic heterocycles. The lowest BCUT2D eigenvalue weighted by atomic mass is 10.0. The molecule has 0 aromatic heterocycles. The van der Waals surface area contributed by atoms with Gasteiger partial charge in [0.25, 0.3) is 11.6 Å². The van der Waals surface area contributed by atoms with Gasteiger partial charge in [0.15, 0.2) is 0 Å². The molecule has 1 fully saturated rings. The summed E-state index contributed by atoms with van der Waals surface area (Å²) < 4.78 is 0. The average molecular weight is 278 g/mol. The van der Waals surface area contributed by atoms with E-state index in [1.54, 1.807) is 0 Å². The van der Waals surface area contributed by atoms with Gasteiger partial charge in [0.2, 0.25) is 0 Å². The molecular weight excluding hydrogens is 260 g/mol. The highest BCUT2D eigenvalue weighted by Crippen LogP contribution is 2.22. The molecule has 1 unspecified atom stereocenters. The molecular formula is C13H18N4O3. The lowest BCUT2D eigenvalue weighted by Gasteiger charge is -2.12. The predicted molar refractivity (Wildman–Crippen MR) is 75.7 cm³/mol. The Labute approximate surface area is 116 Å². The number of nitrogens with one attached hydrogen (secondary N) is 2. The minimum Gasteiger partial charge on any atom is -0.384 e. The molecule has 1 aromatic carbocycles. The lowest BCUT2D eigenvalue weighted by molar-refractivity contribution is -0.384. The second-order valence-electron chi connectivity index (χ2n) is 4.93. The molecule has 7 nitrogen and oxygen atoms in total. The molecule has 0 bridgehead atoms. The van der Waals surface area contributed by atoms with Crippen molar-refractivity contribution in [3.63, 3.8) is 0 Å². The largest absolute Gasteiger partial charge is 0.384 e. The van der Waals surface area contributed by atoms with E-state index in [9.17, 15) is 14.9 Å². The summed E-state index contributed by atoms with van der Waals surface area (Å²) in [6, 6.07) is 4.11. The van der Waals surface area contributed by atoms with Crippen LogP contribution in [-0.4, -0.2) is 30.5 Å². The second kappa shape index (κ2) is 6.33. The fourth-order valence-corrected chi connectivity index (χ4v) is 2.38. The first kappa shape index (κ1) is 14.3. The number of non-ortho nitro benzene ring substituents is 1. The van der Waals surface area contributed by atoms with Crippen molar-refractivity contribution in [2.45, 2.75) is 12.8 Å². The molecule has 7 heteroatoms. The van der Waals surface area contributed by atoms with Crippen molar-refractivity contribution in [3.8, 4) is 0 Å². The topological polar surface area (TPSA) is 110 Å². The van der Waals surface area contributed by atoms with Crippen LogP contribution in [-0.2, 0) is 0 Å². The van der Waals surface area contributed by atoms with E-state index in [4.69, 9.17) is 5.73 Å². The first-order valence-electron chi connectivity index (χ1n) is 6.60.